The molecule has 0 N–H and O–H groups in total. The topological polar surface area (TPSA) is 105 Å². The maximum atomic E-state index is 14.3. The van der Waals surface area contributed by atoms with Gasteiger partial charge in [-0.25, -0.2) is 4.79 Å². The molecule has 1 aliphatic carbocycles. The van der Waals surface area contributed by atoms with E-state index in [0.29, 0.717) is 41.6 Å². The number of ether oxygens (including phenoxy) is 2. The molecule has 46 heavy (non-hydrogen) atoms. The van der Waals surface area contributed by atoms with E-state index in [4.69, 9.17) is 19.4 Å². The van der Waals surface area contributed by atoms with Gasteiger partial charge in [-0.3, -0.25) is 24.5 Å². The zero-order chi connectivity index (χ0) is 32.8. The number of rotatable bonds is 9. The number of benzene rings is 2. The summed E-state index contributed by atoms with van der Waals surface area (Å²) in [6, 6.07) is 14.1. The molecule has 3 aromatic rings. The van der Waals surface area contributed by atoms with E-state index in [1.807, 2.05) is 36.5 Å². The van der Waals surface area contributed by atoms with Gasteiger partial charge in [-0.1, -0.05) is 49.6 Å². The molecule has 2 aliphatic rings. The predicted molar refractivity (Wildman–Crippen MR) is 176 cm³/mol. The van der Waals surface area contributed by atoms with Crippen molar-refractivity contribution in [2.24, 2.45) is 0 Å². The Kier molecular flexibility index (Phi) is 10.2. The third-order valence-corrected chi connectivity index (χ3v) is 8.42. The highest BCUT2D eigenvalue weighted by molar-refractivity contribution is 6.01. The first kappa shape index (κ1) is 32.9. The highest BCUT2D eigenvalue weighted by Gasteiger charge is 2.42. The molecule has 0 spiro atoms. The predicted octanol–water partition coefficient (Wildman–Crippen LogP) is 6.35. The number of amides is 3. The van der Waals surface area contributed by atoms with E-state index in [9.17, 15) is 14.4 Å². The summed E-state index contributed by atoms with van der Waals surface area (Å²) in [4.78, 5) is 54.4. The van der Waals surface area contributed by atoms with Crippen LogP contribution < -0.4 is 9.64 Å². The maximum Gasteiger partial charge on any atom is 0.410 e. The largest absolute Gasteiger partial charge is 0.488 e. The molecule has 2 fully saturated rings. The number of carbonyl (C=O) groups is 3. The lowest BCUT2D eigenvalue weighted by Gasteiger charge is -2.42. The van der Waals surface area contributed by atoms with Crippen LogP contribution in [0.15, 0.2) is 60.9 Å². The third-order valence-electron chi connectivity index (χ3n) is 8.42. The Morgan fingerprint density at radius 3 is 2.28 bits per heavy atom. The fraction of sp³-hybridized carbons (Fsp3) is 0.472. The average Bonchev–Trinajstić information content (AvgIpc) is 3.02. The third kappa shape index (κ3) is 8.02. The molecule has 1 saturated heterocycles. The Labute approximate surface area is 271 Å². The van der Waals surface area contributed by atoms with Crippen LogP contribution in [0.4, 0.5) is 10.5 Å². The molecule has 5 rings (SSSR count). The zero-order valence-electron chi connectivity index (χ0n) is 27.6. The van der Waals surface area contributed by atoms with Gasteiger partial charge in [0.2, 0.25) is 5.91 Å². The van der Waals surface area contributed by atoms with Crippen LogP contribution in [-0.4, -0.2) is 70.0 Å². The standard InChI is InChI=1S/C36H45N5O5/c1-36(2,3)46-35(44)40-19-18-31(40)34(43)41(23-27-21-38-30(22-37-27)26-14-10-7-11-15-26)28-16-17-29(33(42)39(4)5)32(20-28)45-24-25-12-8-6-9-13-25/h6,8-9,12-13,16-17,20-22,26,31H,7,10-11,14-15,18-19,23-24H2,1-5H3/t31-/m1/s1. The lowest BCUT2D eigenvalue weighted by atomic mass is 9.87. The Hall–Kier alpha value is -4.47. The summed E-state index contributed by atoms with van der Waals surface area (Å²) in [6.07, 6.45) is 9.46. The lowest BCUT2D eigenvalue weighted by molar-refractivity contribution is -0.128. The van der Waals surface area contributed by atoms with Crippen LogP contribution in [0.1, 0.15) is 92.5 Å². The SMILES string of the molecule is CN(C)C(=O)c1ccc(N(Cc2cnc(C3CCCCC3)cn2)C(=O)[C@H]2CCN2C(=O)OC(C)(C)C)cc1OCc1ccccc1. The first-order valence-corrected chi connectivity index (χ1v) is 16.1. The first-order valence-electron chi connectivity index (χ1n) is 16.1. The smallest absolute Gasteiger partial charge is 0.410 e. The van der Waals surface area contributed by atoms with E-state index in [-0.39, 0.29) is 25.0 Å². The summed E-state index contributed by atoms with van der Waals surface area (Å²) >= 11 is 0. The van der Waals surface area contributed by atoms with Crippen LogP contribution in [-0.2, 0) is 22.7 Å². The van der Waals surface area contributed by atoms with Crippen molar-refractivity contribution in [3.63, 3.8) is 0 Å². The van der Waals surface area contributed by atoms with Gasteiger partial charge < -0.3 is 19.3 Å². The van der Waals surface area contributed by atoms with Gasteiger partial charge in [0.25, 0.3) is 5.91 Å². The minimum absolute atomic E-state index is 0.133. The van der Waals surface area contributed by atoms with E-state index in [1.54, 1.807) is 64.2 Å². The van der Waals surface area contributed by atoms with E-state index in [2.05, 4.69) is 0 Å². The number of aromatic nitrogens is 2. The molecule has 244 valence electrons. The van der Waals surface area contributed by atoms with Crippen molar-refractivity contribution in [2.45, 2.75) is 90.0 Å². The zero-order valence-corrected chi connectivity index (χ0v) is 27.6. The van der Waals surface area contributed by atoms with E-state index in [1.165, 1.54) is 29.1 Å². The second-order valence-electron chi connectivity index (χ2n) is 13.3. The minimum Gasteiger partial charge on any atom is -0.488 e. The van der Waals surface area contributed by atoms with Gasteiger partial charge in [-0.05, 0) is 57.7 Å². The highest BCUT2D eigenvalue weighted by atomic mass is 16.6. The molecule has 2 aromatic carbocycles. The number of likely N-dealkylation sites (tertiary alicyclic amines) is 1. The molecule has 1 aromatic heterocycles. The number of hydrogen-bond donors (Lipinski definition) is 0. The summed E-state index contributed by atoms with van der Waals surface area (Å²) in [5, 5.41) is 0. The monoisotopic (exact) mass is 627 g/mol. The fourth-order valence-electron chi connectivity index (χ4n) is 5.83. The van der Waals surface area contributed by atoms with Crippen LogP contribution in [0.25, 0.3) is 0 Å². The van der Waals surface area contributed by atoms with E-state index in [0.717, 1.165) is 24.1 Å². The Balaban J connectivity index is 1.46. The van der Waals surface area contributed by atoms with Crippen LogP contribution in [0.5, 0.6) is 5.75 Å². The quantitative estimate of drug-likeness (QED) is 0.272. The second-order valence-corrected chi connectivity index (χ2v) is 13.3. The molecule has 2 heterocycles. The first-order chi connectivity index (χ1) is 22.0. The van der Waals surface area contributed by atoms with Crippen molar-refractivity contribution in [3.8, 4) is 5.75 Å². The van der Waals surface area contributed by atoms with Gasteiger partial charge >= 0.3 is 6.09 Å². The Bertz CT molecular complexity index is 1510. The van der Waals surface area contributed by atoms with Gasteiger partial charge in [-0.2, -0.15) is 0 Å². The average molecular weight is 628 g/mol. The van der Waals surface area contributed by atoms with Crippen LogP contribution in [0, 0.1) is 0 Å². The summed E-state index contributed by atoms with van der Waals surface area (Å²) in [7, 11) is 3.37. The molecule has 10 nitrogen and oxygen atoms in total. The van der Waals surface area contributed by atoms with Crippen LogP contribution in [0.3, 0.4) is 0 Å². The van der Waals surface area contributed by atoms with Crippen LogP contribution >= 0.6 is 0 Å². The molecule has 1 saturated carbocycles. The Morgan fingerprint density at radius 2 is 1.67 bits per heavy atom. The number of anilines is 1. The summed E-state index contributed by atoms with van der Waals surface area (Å²) in [5.41, 5.74) is 2.77. The van der Waals surface area contributed by atoms with Crippen molar-refractivity contribution in [1.82, 2.24) is 19.8 Å². The fourth-order valence-corrected chi connectivity index (χ4v) is 5.83. The van der Waals surface area contributed by atoms with Crippen LogP contribution in [0.2, 0.25) is 0 Å². The number of hydrogen-bond acceptors (Lipinski definition) is 7. The molecular weight excluding hydrogens is 582 g/mol. The van der Waals surface area contributed by atoms with Crippen molar-refractivity contribution in [1.29, 1.82) is 0 Å². The van der Waals surface area contributed by atoms with Gasteiger partial charge in [0.1, 0.15) is 24.0 Å². The maximum absolute atomic E-state index is 14.3. The molecule has 1 aliphatic heterocycles. The van der Waals surface area contributed by atoms with Gasteiger partial charge in [0.15, 0.2) is 0 Å². The van der Waals surface area contributed by atoms with E-state index < -0.39 is 17.7 Å². The van der Waals surface area contributed by atoms with Gasteiger partial charge in [0.05, 0.1) is 29.7 Å². The molecule has 10 heteroatoms. The summed E-state index contributed by atoms with van der Waals surface area (Å²) in [5.74, 6) is 0.286. The molecule has 1 atom stereocenters. The molecule has 0 radical (unpaired) electrons. The molecule has 3 amide bonds. The molecular formula is C36H45N5O5. The minimum atomic E-state index is -0.693. The van der Waals surface area contributed by atoms with Crippen molar-refractivity contribution < 1.29 is 23.9 Å². The van der Waals surface area contributed by atoms with Gasteiger partial charge in [-0.15, -0.1) is 0 Å². The second kappa shape index (κ2) is 14.3. The highest BCUT2D eigenvalue weighted by Crippen LogP contribution is 2.33. The summed E-state index contributed by atoms with van der Waals surface area (Å²) < 4.78 is 11.8. The lowest BCUT2D eigenvalue weighted by Crippen LogP contribution is -2.59. The summed E-state index contributed by atoms with van der Waals surface area (Å²) in [6.45, 7) is 6.21. The van der Waals surface area contributed by atoms with E-state index >= 15 is 0 Å². The molecule has 0 bridgehead atoms. The van der Waals surface area contributed by atoms with Gasteiger partial charge in [0, 0.05) is 44.5 Å². The number of carbonyl (C=O) groups excluding carboxylic acids is 3. The normalized spacial score (nSPS) is 16.7. The molecule has 0 unspecified atom stereocenters. The van der Waals surface area contributed by atoms with Crippen molar-refractivity contribution in [2.75, 3.05) is 25.5 Å². The number of nitrogens with zero attached hydrogens (tertiary/aromatic N) is 5. The van der Waals surface area contributed by atoms with Crippen molar-refractivity contribution in [3.05, 3.63) is 83.4 Å². The van der Waals surface area contributed by atoms with Crippen molar-refractivity contribution >= 4 is 23.6 Å². The Morgan fingerprint density at radius 1 is 0.935 bits per heavy atom.